The molecule has 5 rings (SSSR count). The van der Waals surface area contributed by atoms with Crippen LogP contribution in [0, 0.1) is 17.7 Å². The van der Waals surface area contributed by atoms with Gasteiger partial charge in [-0.05, 0) is 116 Å². The summed E-state index contributed by atoms with van der Waals surface area (Å²) in [4.78, 5) is 12.6. The number of H-pyrrole nitrogens is 1. The molecule has 184 valence electrons. The van der Waals surface area contributed by atoms with Gasteiger partial charge in [-0.3, -0.25) is 4.99 Å². The Morgan fingerprint density at radius 1 is 1.11 bits per heavy atom. The van der Waals surface area contributed by atoms with E-state index < -0.39 is 8.68 Å². The van der Waals surface area contributed by atoms with E-state index >= 15 is 0 Å². The van der Waals surface area contributed by atoms with Crippen molar-refractivity contribution in [2.75, 3.05) is 6.26 Å². The zero-order valence-corrected chi connectivity index (χ0v) is 21.5. The monoisotopic (exact) mass is 510 g/mol. The summed E-state index contributed by atoms with van der Waals surface area (Å²) in [6, 6.07) is 11.0. The Kier molecular flexibility index (Phi) is 7.14. The van der Waals surface area contributed by atoms with Gasteiger partial charge in [0.05, 0.1) is 14.4 Å². The number of fused-ring (bicyclic) bond motifs is 1. The third-order valence-electron chi connectivity index (χ3n) is 7.24. The number of allylic oxidation sites excluding steroid dienone is 1. The molecule has 1 saturated carbocycles. The fraction of sp³-hybridized carbons (Fsp3) is 0.407. The second-order valence-corrected chi connectivity index (χ2v) is 13.5. The first kappa shape index (κ1) is 24.3. The molecule has 0 radical (unpaired) electrons. The van der Waals surface area contributed by atoms with Gasteiger partial charge in [0.2, 0.25) is 0 Å². The molecule has 1 fully saturated rings. The Labute approximate surface area is 211 Å². The molecule has 2 atom stereocenters. The Balaban J connectivity index is 1.32. The maximum absolute atomic E-state index is 13.6. The number of aromatic amines is 1. The molecule has 0 bridgehead atoms. The molecule has 2 aromatic heterocycles. The van der Waals surface area contributed by atoms with E-state index in [9.17, 15) is 8.60 Å². The molecule has 1 aliphatic heterocycles. The summed E-state index contributed by atoms with van der Waals surface area (Å²) in [5, 5.41) is 1.08. The van der Waals surface area contributed by atoms with Gasteiger partial charge >= 0.3 is 0 Å². The van der Waals surface area contributed by atoms with Crippen molar-refractivity contribution in [2.24, 2.45) is 16.8 Å². The molecule has 1 aromatic carbocycles. The summed E-state index contributed by atoms with van der Waals surface area (Å²) < 4.78 is 28.6. The summed E-state index contributed by atoms with van der Waals surface area (Å²) in [6.07, 6.45) is 14.9. The lowest BCUT2D eigenvalue weighted by Crippen LogP contribution is -2.36. The van der Waals surface area contributed by atoms with Gasteiger partial charge in [-0.2, -0.15) is 0 Å². The van der Waals surface area contributed by atoms with Crippen molar-refractivity contribution in [3.8, 4) is 0 Å². The molecule has 8 heteroatoms. The fourth-order valence-corrected chi connectivity index (χ4v) is 6.74. The maximum atomic E-state index is 13.6. The van der Waals surface area contributed by atoms with Crippen LogP contribution in [-0.2, 0) is 19.9 Å². The van der Waals surface area contributed by atoms with Gasteiger partial charge in [-0.1, -0.05) is 0 Å². The van der Waals surface area contributed by atoms with Gasteiger partial charge in [-0.15, -0.1) is 0 Å². The molecule has 35 heavy (non-hydrogen) atoms. The number of rotatable bonds is 7. The minimum Gasteiger partial charge on any atom is -0.346 e. The lowest BCUT2D eigenvalue weighted by atomic mass is 9.80. The van der Waals surface area contributed by atoms with Crippen LogP contribution in [0.3, 0.4) is 0 Å². The second kappa shape index (κ2) is 10.3. The molecule has 3 aromatic rings. The summed E-state index contributed by atoms with van der Waals surface area (Å²) in [5.41, 5.74) is 5.02. The van der Waals surface area contributed by atoms with Gasteiger partial charge in [0, 0.05) is 41.9 Å². The van der Waals surface area contributed by atoms with Crippen LogP contribution in [0.1, 0.15) is 56.1 Å². The highest BCUT2D eigenvalue weighted by molar-refractivity contribution is 8.31. The van der Waals surface area contributed by atoms with Crippen LogP contribution in [0.25, 0.3) is 22.3 Å². The predicted molar refractivity (Wildman–Crippen MR) is 145 cm³/mol. The van der Waals surface area contributed by atoms with E-state index in [1.165, 1.54) is 17.7 Å². The van der Waals surface area contributed by atoms with E-state index in [0.717, 1.165) is 72.8 Å². The third-order valence-corrected chi connectivity index (χ3v) is 8.29. The maximum Gasteiger partial charge on any atom is 0.137 e. The predicted octanol–water partition coefficient (Wildman–Crippen LogP) is 5.88. The first-order valence-electron chi connectivity index (χ1n) is 12.3. The molecule has 0 saturated heterocycles. The molecule has 2 unspecified atom stereocenters. The number of aromatic nitrogens is 2. The number of aliphatic imine (C=N–C) groups is 1. The number of nitrogens with one attached hydrogen (secondary N) is 2. The van der Waals surface area contributed by atoms with E-state index in [4.69, 9.17) is 16.2 Å². The van der Waals surface area contributed by atoms with Gasteiger partial charge in [0.25, 0.3) is 0 Å². The van der Waals surface area contributed by atoms with Crippen molar-refractivity contribution in [1.82, 2.24) is 14.7 Å². The van der Waals surface area contributed by atoms with E-state index in [-0.39, 0.29) is 11.9 Å². The Hall–Kier alpha value is -2.42. The molecular weight excluding hydrogens is 479 g/mol. The molecule has 2 N–H and O–H groups in total. The van der Waals surface area contributed by atoms with E-state index in [1.807, 2.05) is 24.5 Å². The Bertz CT molecular complexity index is 1350. The highest BCUT2D eigenvalue weighted by Crippen LogP contribution is 2.40. The lowest BCUT2D eigenvalue weighted by Gasteiger charge is -2.30. The minimum absolute atomic E-state index is 0.246. The number of nitrogens with zero attached hydrogens (tertiary/aromatic N) is 2. The zero-order chi connectivity index (χ0) is 24.4. The molecule has 5 nitrogen and oxygen atoms in total. The summed E-state index contributed by atoms with van der Waals surface area (Å²) in [6.45, 7) is 0. The topological polar surface area (TPSA) is 70.1 Å². The van der Waals surface area contributed by atoms with Crippen LogP contribution in [0.15, 0.2) is 53.8 Å². The smallest absolute Gasteiger partial charge is 0.137 e. The average Bonchev–Trinajstić information content (AvgIpc) is 3.32. The average molecular weight is 511 g/mol. The Morgan fingerprint density at radius 2 is 1.89 bits per heavy atom. The second-order valence-electron chi connectivity index (χ2n) is 9.86. The lowest BCUT2D eigenvalue weighted by molar-refractivity contribution is 0.290. The van der Waals surface area contributed by atoms with E-state index in [0.29, 0.717) is 11.8 Å². The van der Waals surface area contributed by atoms with E-state index in [2.05, 4.69) is 33.0 Å². The largest absolute Gasteiger partial charge is 0.346 e. The number of benzene rings is 1. The summed E-state index contributed by atoms with van der Waals surface area (Å²) in [5.74, 6) is 0.793. The van der Waals surface area contributed by atoms with Gasteiger partial charge < -0.3 is 4.98 Å². The molecule has 0 amide bonds. The molecule has 1 aliphatic carbocycles. The molecule has 0 spiro atoms. The van der Waals surface area contributed by atoms with Crippen LogP contribution >= 0.6 is 0 Å². The van der Waals surface area contributed by atoms with E-state index in [1.54, 1.807) is 6.26 Å². The highest BCUT2D eigenvalue weighted by Gasteiger charge is 2.26. The number of hydrogen-bond acceptors (Lipinski definition) is 4. The number of hydrogen-bond donors (Lipinski definition) is 2. The standard InChI is InChI=1S/C27H31FN4OS2/c1-35(33,34)32-22-10-4-18(5-11-22)2-3-19-16-25(23-12-14-29-27-24(23)13-15-30-27)26(31-17-19)20-6-8-21(28)9-7-20/h6-9,12-15,17-19,22,32H,2-5,10-11,16H2,1H3,(H,29,30)/t18-,19?,22+,35?. The number of halogens is 1. The summed E-state index contributed by atoms with van der Waals surface area (Å²) >= 11 is 5.03. The van der Waals surface area contributed by atoms with Crippen LogP contribution in [-0.4, -0.2) is 32.7 Å². The highest BCUT2D eigenvalue weighted by atomic mass is 32.8. The normalized spacial score (nSPS) is 24.6. The van der Waals surface area contributed by atoms with Crippen molar-refractivity contribution in [3.05, 3.63) is 65.7 Å². The first-order chi connectivity index (χ1) is 16.9. The fourth-order valence-electron chi connectivity index (χ4n) is 5.49. The van der Waals surface area contributed by atoms with Gasteiger partial charge in [-0.25, -0.2) is 18.3 Å². The van der Waals surface area contributed by atoms with Crippen molar-refractivity contribution in [3.63, 3.8) is 0 Å². The molecule has 3 heterocycles. The van der Waals surface area contributed by atoms with Crippen LogP contribution in [0.4, 0.5) is 4.39 Å². The van der Waals surface area contributed by atoms with Crippen molar-refractivity contribution in [2.45, 2.75) is 51.0 Å². The van der Waals surface area contributed by atoms with Crippen molar-refractivity contribution < 1.29 is 8.60 Å². The van der Waals surface area contributed by atoms with Gasteiger partial charge in [0.15, 0.2) is 0 Å². The van der Waals surface area contributed by atoms with Crippen LogP contribution in [0.2, 0.25) is 0 Å². The first-order valence-corrected chi connectivity index (χ1v) is 15.2. The third kappa shape index (κ3) is 5.88. The molecular formula is C27H31FN4OS2. The summed E-state index contributed by atoms with van der Waals surface area (Å²) in [7, 11) is -2.31. The van der Waals surface area contributed by atoms with Crippen molar-refractivity contribution in [1.29, 1.82) is 0 Å². The molecule has 2 aliphatic rings. The SMILES string of the molecule is CS(=O)(=S)N[C@H]1CC[C@@H](CCC2C=NC(c3ccc(F)cc3)=C(c3ccnc4[nH]ccc34)C2)CC1. The van der Waals surface area contributed by atoms with Gasteiger partial charge in [0.1, 0.15) is 11.5 Å². The minimum atomic E-state index is -2.31. The Morgan fingerprint density at radius 3 is 2.63 bits per heavy atom. The van der Waals surface area contributed by atoms with Crippen LogP contribution < -0.4 is 4.72 Å². The number of pyridine rings is 1. The van der Waals surface area contributed by atoms with Crippen LogP contribution in [0.5, 0.6) is 0 Å². The quantitative estimate of drug-likeness (QED) is 0.417. The zero-order valence-electron chi connectivity index (χ0n) is 19.9. The van der Waals surface area contributed by atoms with Crippen molar-refractivity contribution >= 4 is 48.4 Å².